The Kier molecular flexibility index (Phi) is 4.47. The number of para-hydroxylation sites is 1. The van der Waals surface area contributed by atoms with Gasteiger partial charge in [0.2, 0.25) is 0 Å². The van der Waals surface area contributed by atoms with Gasteiger partial charge < -0.3 is 15.2 Å². The molecule has 2 aromatic carbocycles. The number of halogens is 2. The molecule has 0 aliphatic rings. The van der Waals surface area contributed by atoms with Crippen molar-refractivity contribution in [3.05, 3.63) is 53.3 Å². The quantitative estimate of drug-likeness (QED) is 0.674. The van der Waals surface area contributed by atoms with Crippen LogP contribution in [0.25, 0.3) is 0 Å². The summed E-state index contributed by atoms with van der Waals surface area (Å²) in [4.78, 5) is 0. The summed E-state index contributed by atoms with van der Waals surface area (Å²) in [7, 11) is 0. The molecule has 2 aromatic rings. The van der Waals surface area contributed by atoms with Crippen molar-refractivity contribution in [1.82, 2.24) is 0 Å². The minimum atomic E-state index is -0.486. The molecule has 0 bridgehead atoms. The third-order valence-electron chi connectivity index (χ3n) is 2.40. The molecule has 0 aliphatic heterocycles. The predicted octanol–water partition coefficient (Wildman–Crippen LogP) is 3.52. The van der Waals surface area contributed by atoms with E-state index < -0.39 is 5.82 Å². The van der Waals surface area contributed by atoms with Crippen molar-refractivity contribution in [2.45, 2.75) is 0 Å². The van der Waals surface area contributed by atoms with E-state index in [-0.39, 0.29) is 24.0 Å². The normalized spacial score (nSPS) is 10.2. The van der Waals surface area contributed by atoms with Gasteiger partial charge in [0.05, 0.1) is 5.02 Å². The van der Waals surface area contributed by atoms with Crippen LogP contribution >= 0.6 is 11.6 Å². The minimum Gasteiger partial charge on any atom is -0.490 e. The second-order valence-corrected chi connectivity index (χ2v) is 4.22. The first-order valence-electron chi connectivity index (χ1n) is 5.72. The van der Waals surface area contributed by atoms with Crippen molar-refractivity contribution in [3.63, 3.8) is 0 Å². The van der Waals surface area contributed by atoms with Crippen LogP contribution in [0.2, 0.25) is 5.02 Å². The van der Waals surface area contributed by atoms with Crippen molar-refractivity contribution in [1.29, 1.82) is 0 Å². The number of hydrogen-bond acceptors (Lipinski definition) is 3. The van der Waals surface area contributed by atoms with Crippen molar-refractivity contribution >= 4 is 17.3 Å². The highest BCUT2D eigenvalue weighted by Crippen LogP contribution is 2.27. The topological polar surface area (TPSA) is 44.5 Å². The van der Waals surface area contributed by atoms with E-state index in [4.69, 9.17) is 26.8 Å². The van der Waals surface area contributed by atoms with Gasteiger partial charge in [0.1, 0.15) is 19.0 Å². The predicted molar refractivity (Wildman–Crippen MR) is 73.3 cm³/mol. The molecule has 0 spiro atoms. The maximum atomic E-state index is 13.4. The van der Waals surface area contributed by atoms with Gasteiger partial charge in [0, 0.05) is 5.69 Å². The lowest BCUT2D eigenvalue weighted by atomic mass is 10.3. The monoisotopic (exact) mass is 281 g/mol. The zero-order valence-electron chi connectivity index (χ0n) is 10.1. The van der Waals surface area contributed by atoms with Gasteiger partial charge in [0.15, 0.2) is 11.6 Å². The molecule has 2 rings (SSSR count). The lowest BCUT2D eigenvalue weighted by Gasteiger charge is -2.10. The van der Waals surface area contributed by atoms with Gasteiger partial charge in [0.25, 0.3) is 0 Å². The second kappa shape index (κ2) is 6.29. The molecule has 19 heavy (non-hydrogen) atoms. The van der Waals surface area contributed by atoms with Gasteiger partial charge in [-0.15, -0.1) is 0 Å². The zero-order chi connectivity index (χ0) is 13.7. The number of nitrogens with two attached hydrogens (primary N) is 1. The van der Waals surface area contributed by atoms with Crippen LogP contribution in [0.15, 0.2) is 42.5 Å². The lowest BCUT2D eigenvalue weighted by molar-refractivity contribution is 0.211. The van der Waals surface area contributed by atoms with Crippen LogP contribution in [0.1, 0.15) is 0 Å². The van der Waals surface area contributed by atoms with E-state index in [0.717, 1.165) is 0 Å². The highest BCUT2D eigenvalue weighted by molar-refractivity contribution is 6.32. The Hall–Kier alpha value is -1.94. The lowest BCUT2D eigenvalue weighted by Crippen LogP contribution is -2.10. The molecule has 0 aromatic heterocycles. The first-order valence-corrected chi connectivity index (χ1v) is 6.10. The third kappa shape index (κ3) is 3.76. The fourth-order valence-corrected chi connectivity index (χ4v) is 1.71. The number of nitrogen functional groups attached to an aromatic ring is 1. The van der Waals surface area contributed by atoms with E-state index in [0.29, 0.717) is 11.4 Å². The standard InChI is InChI=1S/C14H13ClFNO2/c15-12-2-1-3-13(16)14(12)19-9-8-18-11-6-4-10(17)5-7-11/h1-7H,8-9,17H2. The summed E-state index contributed by atoms with van der Waals surface area (Å²) in [5.74, 6) is 0.238. The van der Waals surface area contributed by atoms with Crippen molar-refractivity contribution in [2.24, 2.45) is 0 Å². The minimum absolute atomic E-state index is 0.0464. The van der Waals surface area contributed by atoms with Crippen LogP contribution in [0, 0.1) is 5.82 Å². The van der Waals surface area contributed by atoms with Crippen molar-refractivity contribution < 1.29 is 13.9 Å². The Morgan fingerprint density at radius 1 is 1.00 bits per heavy atom. The summed E-state index contributed by atoms with van der Waals surface area (Å²) in [6, 6.07) is 11.4. The van der Waals surface area contributed by atoms with Crippen LogP contribution in [0.3, 0.4) is 0 Å². The van der Waals surface area contributed by atoms with E-state index in [9.17, 15) is 4.39 Å². The Labute approximate surface area is 115 Å². The first kappa shape index (κ1) is 13.5. The summed E-state index contributed by atoms with van der Waals surface area (Å²) in [6.07, 6.45) is 0. The summed E-state index contributed by atoms with van der Waals surface area (Å²) < 4.78 is 24.1. The highest BCUT2D eigenvalue weighted by atomic mass is 35.5. The van der Waals surface area contributed by atoms with Gasteiger partial charge in [-0.2, -0.15) is 0 Å². The number of ether oxygens (including phenoxy) is 2. The van der Waals surface area contributed by atoms with Crippen LogP contribution in [0.5, 0.6) is 11.5 Å². The number of benzene rings is 2. The van der Waals surface area contributed by atoms with Gasteiger partial charge in [-0.1, -0.05) is 17.7 Å². The van der Waals surface area contributed by atoms with Gasteiger partial charge in [-0.05, 0) is 36.4 Å². The highest BCUT2D eigenvalue weighted by Gasteiger charge is 2.07. The molecule has 100 valence electrons. The van der Waals surface area contributed by atoms with Crippen molar-refractivity contribution in [3.8, 4) is 11.5 Å². The van der Waals surface area contributed by atoms with Gasteiger partial charge >= 0.3 is 0 Å². The number of anilines is 1. The van der Waals surface area contributed by atoms with Crippen LogP contribution in [-0.2, 0) is 0 Å². The van der Waals surface area contributed by atoms with E-state index in [1.807, 2.05) is 0 Å². The molecule has 0 saturated heterocycles. The van der Waals surface area contributed by atoms with E-state index >= 15 is 0 Å². The molecule has 5 heteroatoms. The summed E-state index contributed by atoms with van der Waals surface area (Å²) in [6.45, 7) is 0.486. The van der Waals surface area contributed by atoms with Crippen LogP contribution < -0.4 is 15.2 Å². The molecule has 0 unspecified atom stereocenters. The van der Waals surface area contributed by atoms with Gasteiger partial charge in [-0.3, -0.25) is 0 Å². The zero-order valence-corrected chi connectivity index (χ0v) is 10.9. The summed E-state index contributed by atoms with van der Waals surface area (Å²) >= 11 is 5.82. The maximum absolute atomic E-state index is 13.4. The van der Waals surface area contributed by atoms with Crippen LogP contribution in [0.4, 0.5) is 10.1 Å². The second-order valence-electron chi connectivity index (χ2n) is 3.82. The molecule has 0 saturated carbocycles. The van der Waals surface area contributed by atoms with E-state index in [1.165, 1.54) is 12.1 Å². The van der Waals surface area contributed by atoms with Crippen LogP contribution in [-0.4, -0.2) is 13.2 Å². The van der Waals surface area contributed by atoms with E-state index in [2.05, 4.69) is 0 Å². The molecule has 0 heterocycles. The SMILES string of the molecule is Nc1ccc(OCCOc2c(F)cccc2Cl)cc1. The average molecular weight is 282 g/mol. The fraction of sp³-hybridized carbons (Fsp3) is 0.143. The largest absolute Gasteiger partial charge is 0.490 e. The average Bonchev–Trinajstić information content (AvgIpc) is 2.39. The third-order valence-corrected chi connectivity index (χ3v) is 2.70. The Balaban J connectivity index is 1.82. The van der Waals surface area contributed by atoms with E-state index in [1.54, 1.807) is 30.3 Å². The molecular formula is C14H13ClFNO2. The summed E-state index contributed by atoms with van der Waals surface area (Å²) in [5.41, 5.74) is 6.22. The molecule has 0 aliphatic carbocycles. The Morgan fingerprint density at radius 2 is 1.68 bits per heavy atom. The molecule has 3 nitrogen and oxygen atoms in total. The van der Waals surface area contributed by atoms with Gasteiger partial charge in [-0.25, -0.2) is 4.39 Å². The Bertz CT molecular complexity index is 525. The fourth-order valence-electron chi connectivity index (χ4n) is 1.49. The Morgan fingerprint density at radius 3 is 2.37 bits per heavy atom. The molecule has 0 fully saturated rings. The number of hydrogen-bond donors (Lipinski definition) is 1. The molecular weight excluding hydrogens is 269 g/mol. The maximum Gasteiger partial charge on any atom is 0.173 e. The molecule has 0 amide bonds. The molecule has 0 atom stereocenters. The molecule has 0 radical (unpaired) electrons. The smallest absolute Gasteiger partial charge is 0.173 e. The summed E-state index contributed by atoms with van der Waals surface area (Å²) in [5, 5.41) is 0.243. The van der Waals surface area contributed by atoms with Crippen molar-refractivity contribution in [2.75, 3.05) is 18.9 Å². The molecule has 2 N–H and O–H groups in total. The number of rotatable bonds is 5. The first-order chi connectivity index (χ1) is 9.16.